The third kappa shape index (κ3) is 1.96. The molecule has 0 spiro atoms. The maximum atomic E-state index is 13.0. The molecular formula is C9H10ClFO. The van der Waals surface area contributed by atoms with E-state index in [1.807, 2.05) is 0 Å². The van der Waals surface area contributed by atoms with Crippen molar-refractivity contribution in [2.24, 2.45) is 0 Å². The lowest BCUT2D eigenvalue weighted by atomic mass is 10.1. The quantitative estimate of drug-likeness (QED) is 0.757. The summed E-state index contributed by atoms with van der Waals surface area (Å²) in [4.78, 5) is 0. The summed E-state index contributed by atoms with van der Waals surface area (Å²) in [5.74, 6) is -0.409. The topological polar surface area (TPSA) is 20.2 Å². The van der Waals surface area contributed by atoms with E-state index in [1.165, 1.54) is 18.2 Å². The van der Waals surface area contributed by atoms with E-state index in [1.54, 1.807) is 6.92 Å². The van der Waals surface area contributed by atoms with Crippen LogP contribution in [0.2, 0.25) is 5.02 Å². The molecule has 0 saturated heterocycles. The average molecular weight is 189 g/mol. The van der Waals surface area contributed by atoms with Crippen molar-refractivity contribution < 1.29 is 9.50 Å². The summed E-state index contributed by atoms with van der Waals surface area (Å²) >= 11 is 5.64. The maximum Gasteiger partial charge on any atom is 0.129 e. The van der Waals surface area contributed by atoms with Crippen molar-refractivity contribution in [3.8, 4) is 0 Å². The minimum atomic E-state index is -0.760. The molecule has 0 bridgehead atoms. The Hall–Kier alpha value is -0.600. The third-order valence-corrected chi connectivity index (χ3v) is 1.94. The highest BCUT2D eigenvalue weighted by Crippen LogP contribution is 2.22. The molecule has 1 aromatic carbocycles. The maximum absolute atomic E-state index is 13.0. The first-order valence-electron chi connectivity index (χ1n) is 3.78. The van der Waals surface area contributed by atoms with Crippen molar-refractivity contribution in [1.82, 2.24) is 0 Å². The highest BCUT2D eigenvalue weighted by Gasteiger charge is 2.10. The Labute approximate surface area is 75.8 Å². The van der Waals surface area contributed by atoms with Crippen LogP contribution in [0.3, 0.4) is 0 Å². The Morgan fingerprint density at radius 2 is 2.25 bits per heavy atom. The molecule has 0 radical (unpaired) electrons. The zero-order valence-electron chi connectivity index (χ0n) is 6.72. The van der Waals surface area contributed by atoms with E-state index in [0.29, 0.717) is 11.4 Å². The van der Waals surface area contributed by atoms with Crippen LogP contribution < -0.4 is 0 Å². The van der Waals surface area contributed by atoms with Gasteiger partial charge in [0, 0.05) is 10.6 Å². The predicted molar refractivity (Wildman–Crippen MR) is 46.7 cm³/mol. The molecule has 0 amide bonds. The van der Waals surface area contributed by atoms with Crippen LogP contribution in [0, 0.1) is 5.82 Å². The zero-order valence-corrected chi connectivity index (χ0v) is 7.48. The minimum Gasteiger partial charge on any atom is -0.388 e. The molecule has 1 N–H and O–H groups in total. The molecule has 0 aliphatic carbocycles. The molecule has 1 aromatic rings. The van der Waals surface area contributed by atoms with Gasteiger partial charge < -0.3 is 5.11 Å². The van der Waals surface area contributed by atoms with Crippen LogP contribution in [-0.2, 0) is 0 Å². The summed E-state index contributed by atoms with van der Waals surface area (Å²) in [6.45, 7) is 1.78. The smallest absolute Gasteiger partial charge is 0.129 e. The number of rotatable bonds is 2. The number of halogens is 2. The summed E-state index contributed by atoms with van der Waals surface area (Å²) in [6.07, 6.45) is -0.277. The van der Waals surface area contributed by atoms with Gasteiger partial charge in [-0.15, -0.1) is 0 Å². The summed E-state index contributed by atoms with van der Waals surface area (Å²) in [5, 5.41) is 9.78. The van der Waals surface area contributed by atoms with E-state index < -0.39 is 11.9 Å². The summed E-state index contributed by atoms with van der Waals surface area (Å²) in [7, 11) is 0. The van der Waals surface area contributed by atoms with Crippen molar-refractivity contribution in [2.45, 2.75) is 19.4 Å². The van der Waals surface area contributed by atoms with Gasteiger partial charge in [-0.2, -0.15) is 0 Å². The fourth-order valence-corrected chi connectivity index (χ4v) is 1.17. The van der Waals surface area contributed by atoms with Gasteiger partial charge in [0.05, 0.1) is 6.10 Å². The van der Waals surface area contributed by atoms with E-state index in [4.69, 9.17) is 11.6 Å². The third-order valence-electron chi connectivity index (χ3n) is 1.70. The SMILES string of the molecule is CC[C@H](O)c1cc(Cl)ccc1F. The normalized spacial score (nSPS) is 13.0. The van der Waals surface area contributed by atoms with Gasteiger partial charge in [0.15, 0.2) is 0 Å². The van der Waals surface area contributed by atoms with E-state index in [-0.39, 0.29) is 5.56 Å². The molecule has 12 heavy (non-hydrogen) atoms. The lowest BCUT2D eigenvalue weighted by Gasteiger charge is -2.08. The first-order chi connectivity index (χ1) is 5.65. The highest BCUT2D eigenvalue weighted by atomic mass is 35.5. The van der Waals surface area contributed by atoms with Gasteiger partial charge in [-0.05, 0) is 24.6 Å². The van der Waals surface area contributed by atoms with Crippen molar-refractivity contribution in [3.63, 3.8) is 0 Å². The Bertz CT molecular complexity index is 275. The number of benzene rings is 1. The zero-order chi connectivity index (χ0) is 9.14. The number of hydrogen-bond donors (Lipinski definition) is 1. The van der Waals surface area contributed by atoms with E-state index >= 15 is 0 Å². The Morgan fingerprint density at radius 3 is 2.83 bits per heavy atom. The molecular weight excluding hydrogens is 179 g/mol. The van der Waals surface area contributed by atoms with Crippen molar-refractivity contribution in [2.75, 3.05) is 0 Å². The first-order valence-corrected chi connectivity index (χ1v) is 4.16. The van der Waals surface area contributed by atoms with Gasteiger partial charge in [0.25, 0.3) is 0 Å². The summed E-state index contributed by atoms with van der Waals surface area (Å²) in [5.41, 5.74) is 0.269. The Kier molecular flexibility index (Phi) is 3.06. The van der Waals surface area contributed by atoms with Crippen LogP contribution >= 0.6 is 11.6 Å². The molecule has 1 atom stereocenters. The minimum absolute atomic E-state index is 0.269. The summed E-state index contributed by atoms with van der Waals surface area (Å²) in [6, 6.07) is 4.17. The molecule has 3 heteroatoms. The lowest BCUT2D eigenvalue weighted by molar-refractivity contribution is 0.169. The molecule has 0 aliphatic rings. The van der Waals surface area contributed by atoms with Crippen molar-refractivity contribution in [1.29, 1.82) is 0 Å². The van der Waals surface area contributed by atoms with Gasteiger partial charge in [-0.1, -0.05) is 18.5 Å². The average Bonchev–Trinajstić information content (AvgIpc) is 2.08. The van der Waals surface area contributed by atoms with Crippen LogP contribution in [0.25, 0.3) is 0 Å². The molecule has 0 aliphatic heterocycles. The van der Waals surface area contributed by atoms with Gasteiger partial charge in [-0.3, -0.25) is 0 Å². The Morgan fingerprint density at radius 1 is 1.58 bits per heavy atom. The summed E-state index contributed by atoms with van der Waals surface area (Å²) < 4.78 is 13.0. The van der Waals surface area contributed by atoms with Gasteiger partial charge in [0.2, 0.25) is 0 Å². The van der Waals surface area contributed by atoms with Gasteiger partial charge in [0.1, 0.15) is 5.82 Å². The lowest BCUT2D eigenvalue weighted by Crippen LogP contribution is -1.98. The van der Waals surface area contributed by atoms with Crippen LogP contribution in [0.5, 0.6) is 0 Å². The van der Waals surface area contributed by atoms with Crippen LogP contribution in [-0.4, -0.2) is 5.11 Å². The predicted octanol–water partition coefficient (Wildman–Crippen LogP) is 2.92. The second-order valence-corrected chi connectivity index (χ2v) is 3.03. The van der Waals surface area contributed by atoms with E-state index in [2.05, 4.69) is 0 Å². The first kappa shape index (κ1) is 9.49. The van der Waals surface area contributed by atoms with Crippen molar-refractivity contribution >= 4 is 11.6 Å². The second kappa shape index (κ2) is 3.87. The fraction of sp³-hybridized carbons (Fsp3) is 0.333. The monoisotopic (exact) mass is 188 g/mol. The molecule has 0 heterocycles. The second-order valence-electron chi connectivity index (χ2n) is 2.59. The molecule has 1 rings (SSSR count). The molecule has 0 aromatic heterocycles. The largest absolute Gasteiger partial charge is 0.388 e. The highest BCUT2D eigenvalue weighted by molar-refractivity contribution is 6.30. The molecule has 0 fully saturated rings. The van der Waals surface area contributed by atoms with Gasteiger partial charge >= 0.3 is 0 Å². The number of hydrogen-bond acceptors (Lipinski definition) is 1. The van der Waals surface area contributed by atoms with Crippen LogP contribution in [0.4, 0.5) is 4.39 Å². The van der Waals surface area contributed by atoms with Crippen LogP contribution in [0.15, 0.2) is 18.2 Å². The van der Waals surface area contributed by atoms with E-state index in [9.17, 15) is 9.50 Å². The number of aliphatic hydroxyl groups excluding tert-OH is 1. The molecule has 66 valence electrons. The number of aliphatic hydroxyl groups is 1. The fourth-order valence-electron chi connectivity index (χ4n) is 0.990. The molecule has 1 nitrogen and oxygen atoms in total. The molecule has 0 saturated carbocycles. The van der Waals surface area contributed by atoms with Crippen molar-refractivity contribution in [3.05, 3.63) is 34.6 Å². The van der Waals surface area contributed by atoms with E-state index in [0.717, 1.165) is 0 Å². The molecule has 0 unspecified atom stereocenters. The van der Waals surface area contributed by atoms with Crippen LogP contribution in [0.1, 0.15) is 25.0 Å². The standard InChI is InChI=1S/C9H10ClFO/c1-2-9(12)7-5-6(10)3-4-8(7)11/h3-5,9,12H,2H2,1H3/t9-/m0/s1. The van der Waals surface area contributed by atoms with Gasteiger partial charge in [-0.25, -0.2) is 4.39 Å². The Balaban J connectivity index is 3.04.